The van der Waals surface area contributed by atoms with E-state index in [1.807, 2.05) is 0 Å². The molecule has 0 radical (unpaired) electrons. The summed E-state index contributed by atoms with van der Waals surface area (Å²) in [6.45, 7) is 12.8. The molecule has 1 aliphatic heterocycles. The maximum absolute atomic E-state index is 10.6. The molecular weight excluding hydrogens is 190 g/mol. The van der Waals surface area contributed by atoms with Crippen molar-refractivity contribution in [2.45, 2.75) is 27.2 Å². The van der Waals surface area contributed by atoms with E-state index in [1.165, 1.54) is 0 Å². The minimum Gasteiger partial charge on any atom is -0.478 e. The molecule has 0 saturated carbocycles. The van der Waals surface area contributed by atoms with E-state index < -0.39 is 5.97 Å². The summed E-state index contributed by atoms with van der Waals surface area (Å²) >= 11 is 0. The standard InChI is InChI=1S/C12H21NO2/c1-9(11(14)15)7-13-6-5-10(8-13)12(2,3)4/h10H,1,5-8H2,2-4H3,(H,14,15). The van der Waals surface area contributed by atoms with Crippen LogP contribution < -0.4 is 0 Å². The molecule has 3 heteroatoms. The average Bonchev–Trinajstić information content (AvgIpc) is 2.51. The van der Waals surface area contributed by atoms with Gasteiger partial charge in [0, 0.05) is 18.7 Å². The Morgan fingerprint density at radius 3 is 2.53 bits per heavy atom. The molecule has 0 aliphatic carbocycles. The Hall–Kier alpha value is -0.830. The third-order valence-corrected chi connectivity index (χ3v) is 3.21. The normalized spacial score (nSPS) is 23.0. The second kappa shape index (κ2) is 4.35. The Morgan fingerprint density at radius 2 is 2.13 bits per heavy atom. The number of carboxylic acids is 1. The zero-order valence-corrected chi connectivity index (χ0v) is 9.92. The molecule has 86 valence electrons. The van der Waals surface area contributed by atoms with Crippen molar-refractivity contribution >= 4 is 5.97 Å². The van der Waals surface area contributed by atoms with Gasteiger partial charge in [0.05, 0.1) is 0 Å². The van der Waals surface area contributed by atoms with Crippen LogP contribution in [0.5, 0.6) is 0 Å². The summed E-state index contributed by atoms with van der Waals surface area (Å²) in [6, 6.07) is 0. The van der Waals surface area contributed by atoms with E-state index in [1.54, 1.807) is 0 Å². The van der Waals surface area contributed by atoms with Gasteiger partial charge in [0.2, 0.25) is 0 Å². The van der Waals surface area contributed by atoms with E-state index in [0.29, 0.717) is 23.5 Å². The highest BCUT2D eigenvalue weighted by Crippen LogP contribution is 2.33. The Bertz CT molecular complexity index is 265. The van der Waals surface area contributed by atoms with Crippen molar-refractivity contribution in [2.75, 3.05) is 19.6 Å². The minimum absolute atomic E-state index is 0.296. The van der Waals surface area contributed by atoms with Crippen molar-refractivity contribution in [2.24, 2.45) is 11.3 Å². The first kappa shape index (κ1) is 12.2. The van der Waals surface area contributed by atoms with Crippen molar-refractivity contribution in [1.82, 2.24) is 4.90 Å². The highest BCUT2D eigenvalue weighted by Gasteiger charge is 2.31. The molecule has 0 spiro atoms. The van der Waals surface area contributed by atoms with E-state index in [-0.39, 0.29) is 0 Å². The largest absolute Gasteiger partial charge is 0.478 e. The SMILES string of the molecule is C=C(CN1CCC(C(C)(C)C)C1)C(=O)O. The molecule has 3 nitrogen and oxygen atoms in total. The van der Waals surface area contributed by atoms with Crippen LogP contribution in [0.25, 0.3) is 0 Å². The van der Waals surface area contributed by atoms with Crippen LogP contribution in [0.3, 0.4) is 0 Å². The third kappa shape index (κ3) is 3.34. The van der Waals surface area contributed by atoms with Gasteiger partial charge in [-0.05, 0) is 24.3 Å². The van der Waals surface area contributed by atoms with E-state index in [9.17, 15) is 4.79 Å². The van der Waals surface area contributed by atoms with Gasteiger partial charge in [-0.25, -0.2) is 4.79 Å². The summed E-state index contributed by atoms with van der Waals surface area (Å²) in [7, 11) is 0. The Balaban J connectivity index is 2.44. The molecule has 1 heterocycles. The quantitative estimate of drug-likeness (QED) is 0.726. The van der Waals surface area contributed by atoms with Gasteiger partial charge in [-0.3, -0.25) is 4.90 Å². The van der Waals surface area contributed by atoms with Gasteiger partial charge in [0.15, 0.2) is 0 Å². The maximum Gasteiger partial charge on any atom is 0.332 e. The predicted octanol–water partition coefficient (Wildman–Crippen LogP) is 2.00. The molecule has 1 fully saturated rings. The molecule has 1 aliphatic rings. The summed E-state index contributed by atoms with van der Waals surface area (Å²) in [6.07, 6.45) is 1.16. The lowest BCUT2D eigenvalue weighted by molar-refractivity contribution is -0.132. The average molecular weight is 211 g/mol. The topological polar surface area (TPSA) is 40.5 Å². The summed E-state index contributed by atoms with van der Waals surface area (Å²) in [5.41, 5.74) is 0.615. The molecule has 0 aromatic heterocycles. The van der Waals surface area contributed by atoms with Gasteiger partial charge in [-0.2, -0.15) is 0 Å². The second-order valence-electron chi connectivity index (χ2n) is 5.50. The first-order chi connectivity index (χ1) is 6.80. The Kier molecular flexibility index (Phi) is 3.55. The van der Waals surface area contributed by atoms with Crippen LogP contribution in [0, 0.1) is 11.3 Å². The van der Waals surface area contributed by atoms with Crippen molar-refractivity contribution in [3.63, 3.8) is 0 Å². The smallest absolute Gasteiger partial charge is 0.332 e. The number of carbonyl (C=O) groups is 1. The summed E-state index contributed by atoms with van der Waals surface area (Å²) in [4.78, 5) is 12.8. The molecule has 0 aromatic rings. The number of rotatable bonds is 3. The first-order valence-corrected chi connectivity index (χ1v) is 5.44. The molecule has 0 bridgehead atoms. The van der Waals surface area contributed by atoms with Crippen LogP contribution in [0.15, 0.2) is 12.2 Å². The zero-order valence-electron chi connectivity index (χ0n) is 9.92. The highest BCUT2D eigenvalue weighted by molar-refractivity contribution is 5.86. The molecule has 0 amide bonds. The Labute approximate surface area is 91.8 Å². The molecule has 0 aromatic carbocycles. The van der Waals surface area contributed by atoms with E-state index >= 15 is 0 Å². The van der Waals surface area contributed by atoms with Crippen molar-refractivity contribution in [3.8, 4) is 0 Å². The van der Waals surface area contributed by atoms with Gasteiger partial charge < -0.3 is 5.11 Å². The molecule has 1 rings (SSSR count). The number of aliphatic carboxylic acids is 1. The predicted molar refractivity (Wildman–Crippen MR) is 60.8 cm³/mol. The van der Waals surface area contributed by atoms with Gasteiger partial charge in [-0.1, -0.05) is 27.4 Å². The zero-order chi connectivity index (χ0) is 11.6. The summed E-state index contributed by atoms with van der Waals surface area (Å²) < 4.78 is 0. The van der Waals surface area contributed by atoms with Crippen LogP contribution in [0.4, 0.5) is 0 Å². The lowest BCUT2D eigenvalue weighted by atomic mass is 9.80. The maximum atomic E-state index is 10.6. The fourth-order valence-corrected chi connectivity index (χ4v) is 2.02. The van der Waals surface area contributed by atoms with E-state index in [0.717, 1.165) is 19.5 Å². The second-order valence-corrected chi connectivity index (χ2v) is 5.50. The number of likely N-dealkylation sites (tertiary alicyclic amines) is 1. The number of hydrogen-bond donors (Lipinski definition) is 1. The van der Waals surface area contributed by atoms with Crippen LogP contribution in [0.1, 0.15) is 27.2 Å². The lowest BCUT2D eigenvalue weighted by Crippen LogP contribution is -2.28. The Morgan fingerprint density at radius 1 is 1.53 bits per heavy atom. The number of carboxylic acid groups (broad SMARTS) is 1. The highest BCUT2D eigenvalue weighted by atomic mass is 16.4. The molecule has 1 saturated heterocycles. The first-order valence-electron chi connectivity index (χ1n) is 5.44. The molecule has 1 atom stereocenters. The summed E-state index contributed by atoms with van der Waals surface area (Å²) in [5, 5.41) is 8.74. The molecule has 15 heavy (non-hydrogen) atoms. The van der Waals surface area contributed by atoms with Crippen molar-refractivity contribution < 1.29 is 9.90 Å². The number of nitrogens with zero attached hydrogens (tertiary/aromatic N) is 1. The van der Waals surface area contributed by atoms with Crippen LogP contribution in [-0.2, 0) is 4.79 Å². The monoisotopic (exact) mass is 211 g/mol. The van der Waals surface area contributed by atoms with Crippen LogP contribution in [0.2, 0.25) is 0 Å². The molecule has 1 unspecified atom stereocenters. The van der Waals surface area contributed by atoms with E-state index in [2.05, 4.69) is 32.3 Å². The van der Waals surface area contributed by atoms with Crippen LogP contribution >= 0.6 is 0 Å². The molecule has 1 N–H and O–H groups in total. The van der Waals surface area contributed by atoms with Gasteiger partial charge in [-0.15, -0.1) is 0 Å². The van der Waals surface area contributed by atoms with Crippen molar-refractivity contribution in [3.05, 3.63) is 12.2 Å². The van der Waals surface area contributed by atoms with Crippen molar-refractivity contribution in [1.29, 1.82) is 0 Å². The third-order valence-electron chi connectivity index (χ3n) is 3.21. The van der Waals surface area contributed by atoms with Gasteiger partial charge in [0.25, 0.3) is 0 Å². The van der Waals surface area contributed by atoms with Gasteiger partial charge in [0.1, 0.15) is 0 Å². The number of hydrogen-bond acceptors (Lipinski definition) is 2. The molecular formula is C12H21NO2. The minimum atomic E-state index is -0.880. The fraction of sp³-hybridized carbons (Fsp3) is 0.750. The fourth-order valence-electron chi connectivity index (χ4n) is 2.02. The summed E-state index contributed by atoms with van der Waals surface area (Å²) in [5.74, 6) is -0.215. The lowest BCUT2D eigenvalue weighted by Gasteiger charge is -2.27. The van der Waals surface area contributed by atoms with E-state index in [4.69, 9.17) is 5.11 Å². The van der Waals surface area contributed by atoms with Crippen LogP contribution in [-0.4, -0.2) is 35.6 Å². The van der Waals surface area contributed by atoms with Gasteiger partial charge >= 0.3 is 5.97 Å².